The third kappa shape index (κ3) is 5.07. The molecule has 2 N–H and O–H groups in total. The van der Waals surface area contributed by atoms with Gasteiger partial charge in [0.15, 0.2) is 0 Å². The van der Waals surface area contributed by atoms with Gasteiger partial charge in [-0.2, -0.15) is 5.26 Å². The fourth-order valence-corrected chi connectivity index (χ4v) is 2.56. The second kappa shape index (κ2) is 8.86. The number of amides is 1. The molecule has 0 heterocycles. The minimum atomic E-state index is -0.464. The van der Waals surface area contributed by atoms with E-state index in [-0.39, 0.29) is 18.9 Å². The smallest absolute Gasteiger partial charge is 0.249 e. The highest BCUT2D eigenvalue weighted by Crippen LogP contribution is 2.18. The highest BCUT2D eigenvalue weighted by molar-refractivity contribution is 5.98. The van der Waals surface area contributed by atoms with Crippen LogP contribution in [0.2, 0.25) is 0 Å². The first-order valence-electron chi connectivity index (χ1n) is 8.26. The summed E-state index contributed by atoms with van der Waals surface area (Å²) in [5, 5.41) is 21.3. The van der Waals surface area contributed by atoms with Crippen LogP contribution in [0.4, 0.5) is 11.4 Å². The Bertz CT molecular complexity index is 750. The van der Waals surface area contributed by atoms with Crippen molar-refractivity contribution < 1.29 is 9.90 Å². The molecule has 0 bridgehead atoms. The van der Waals surface area contributed by atoms with Gasteiger partial charge < -0.3 is 15.3 Å². The van der Waals surface area contributed by atoms with Gasteiger partial charge in [0.25, 0.3) is 0 Å². The van der Waals surface area contributed by atoms with E-state index >= 15 is 0 Å². The largest absolute Gasteiger partial charge is 0.392 e. The van der Waals surface area contributed by atoms with Gasteiger partial charge in [-0.3, -0.25) is 4.79 Å². The molecular weight excluding hydrogens is 314 g/mol. The van der Waals surface area contributed by atoms with Crippen molar-refractivity contribution in [3.63, 3.8) is 0 Å². The maximum absolute atomic E-state index is 12.9. The van der Waals surface area contributed by atoms with E-state index in [0.717, 1.165) is 22.5 Å². The number of nitrogens with zero attached hydrogens (tertiary/aromatic N) is 2. The molecule has 0 aliphatic carbocycles. The molecule has 25 heavy (non-hydrogen) atoms. The Morgan fingerprint density at radius 1 is 1.28 bits per heavy atom. The van der Waals surface area contributed by atoms with Crippen LogP contribution >= 0.6 is 0 Å². The summed E-state index contributed by atoms with van der Waals surface area (Å²) in [6.45, 7) is 4.08. The number of nitriles is 1. The van der Waals surface area contributed by atoms with E-state index in [1.165, 1.54) is 0 Å². The van der Waals surface area contributed by atoms with E-state index < -0.39 is 6.04 Å². The summed E-state index contributed by atoms with van der Waals surface area (Å²) in [6.07, 6.45) is 0.270. The van der Waals surface area contributed by atoms with Gasteiger partial charge in [-0.1, -0.05) is 29.8 Å². The van der Waals surface area contributed by atoms with Crippen LogP contribution in [0.1, 0.15) is 24.5 Å². The molecule has 0 spiro atoms. The number of aliphatic hydroxyl groups is 1. The standard InChI is InChI=1S/C20H23N3O2/c1-15-7-9-19(10-8-15)23(12-4-11-21)20(25)16(2)22-18-6-3-5-17(13-18)14-24/h3,5-10,13,16,22,24H,4,12,14H2,1-2H3. The third-order valence-corrected chi connectivity index (χ3v) is 3.92. The first-order chi connectivity index (χ1) is 12.0. The highest BCUT2D eigenvalue weighted by atomic mass is 16.3. The number of anilines is 2. The van der Waals surface area contributed by atoms with Crippen LogP contribution in [0.5, 0.6) is 0 Å². The summed E-state index contributed by atoms with van der Waals surface area (Å²) in [6, 6.07) is 16.6. The molecule has 0 saturated carbocycles. The molecule has 2 rings (SSSR count). The lowest BCUT2D eigenvalue weighted by Gasteiger charge is -2.26. The fourth-order valence-electron chi connectivity index (χ4n) is 2.56. The molecule has 1 atom stereocenters. The summed E-state index contributed by atoms with van der Waals surface area (Å²) < 4.78 is 0. The Morgan fingerprint density at radius 3 is 2.64 bits per heavy atom. The molecule has 2 aromatic rings. The van der Waals surface area contributed by atoms with Gasteiger partial charge in [0.2, 0.25) is 5.91 Å². The lowest BCUT2D eigenvalue weighted by molar-refractivity contribution is -0.119. The number of rotatable bonds is 7. The average Bonchev–Trinajstić information content (AvgIpc) is 2.63. The van der Waals surface area contributed by atoms with Crippen LogP contribution in [0.15, 0.2) is 48.5 Å². The molecular formula is C20H23N3O2. The maximum Gasteiger partial charge on any atom is 0.249 e. The van der Waals surface area contributed by atoms with Gasteiger partial charge in [-0.05, 0) is 43.7 Å². The van der Waals surface area contributed by atoms with Gasteiger partial charge in [-0.15, -0.1) is 0 Å². The minimum Gasteiger partial charge on any atom is -0.392 e. The number of aliphatic hydroxyl groups excluding tert-OH is 1. The number of carbonyl (C=O) groups excluding carboxylic acids is 1. The van der Waals surface area contributed by atoms with Crippen molar-refractivity contribution in [1.29, 1.82) is 5.26 Å². The zero-order valence-electron chi connectivity index (χ0n) is 14.6. The van der Waals surface area contributed by atoms with E-state index in [0.29, 0.717) is 6.54 Å². The normalized spacial score (nSPS) is 11.4. The Hall–Kier alpha value is -2.84. The number of benzene rings is 2. The second-order valence-corrected chi connectivity index (χ2v) is 5.96. The Kier molecular flexibility index (Phi) is 6.55. The molecule has 0 aliphatic rings. The van der Waals surface area contributed by atoms with Gasteiger partial charge in [0.1, 0.15) is 6.04 Å². The predicted octanol–water partition coefficient (Wildman–Crippen LogP) is 3.23. The molecule has 2 aromatic carbocycles. The summed E-state index contributed by atoms with van der Waals surface area (Å²) in [5.74, 6) is -0.103. The predicted molar refractivity (Wildman–Crippen MR) is 99.2 cm³/mol. The molecule has 0 aliphatic heterocycles. The van der Waals surface area contributed by atoms with E-state index in [2.05, 4.69) is 11.4 Å². The lowest BCUT2D eigenvalue weighted by Crippen LogP contribution is -2.42. The zero-order valence-corrected chi connectivity index (χ0v) is 14.6. The van der Waals surface area contributed by atoms with E-state index in [4.69, 9.17) is 5.26 Å². The fraction of sp³-hybridized carbons (Fsp3) is 0.300. The van der Waals surface area contributed by atoms with Crippen molar-refractivity contribution in [2.45, 2.75) is 32.9 Å². The first-order valence-corrected chi connectivity index (χ1v) is 8.26. The molecule has 0 saturated heterocycles. The third-order valence-electron chi connectivity index (χ3n) is 3.92. The minimum absolute atomic E-state index is 0.0461. The van der Waals surface area contributed by atoms with Crippen LogP contribution in [0.25, 0.3) is 0 Å². The van der Waals surface area contributed by atoms with Crippen molar-refractivity contribution in [3.8, 4) is 6.07 Å². The Morgan fingerprint density at radius 2 is 2.00 bits per heavy atom. The highest BCUT2D eigenvalue weighted by Gasteiger charge is 2.21. The summed E-state index contributed by atoms with van der Waals surface area (Å²) in [4.78, 5) is 14.5. The molecule has 0 radical (unpaired) electrons. The molecule has 0 aromatic heterocycles. The summed E-state index contributed by atoms with van der Waals surface area (Å²) in [5.41, 5.74) is 3.45. The van der Waals surface area contributed by atoms with E-state index in [9.17, 15) is 9.90 Å². The number of hydrogen-bond acceptors (Lipinski definition) is 4. The SMILES string of the molecule is Cc1ccc(N(CCC#N)C(=O)C(C)Nc2cccc(CO)c2)cc1. The molecule has 130 valence electrons. The molecule has 1 unspecified atom stereocenters. The number of hydrogen-bond donors (Lipinski definition) is 2. The van der Waals surface area contributed by atoms with Crippen LogP contribution < -0.4 is 10.2 Å². The molecule has 1 amide bonds. The van der Waals surface area contributed by atoms with Crippen molar-refractivity contribution in [1.82, 2.24) is 0 Å². The van der Waals surface area contributed by atoms with Gasteiger partial charge in [-0.25, -0.2) is 0 Å². The van der Waals surface area contributed by atoms with Crippen LogP contribution in [0, 0.1) is 18.3 Å². The lowest BCUT2D eigenvalue weighted by atomic mass is 10.1. The van der Waals surface area contributed by atoms with E-state index in [1.54, 1.807) is 11.8 Å². The molecule has 5 nitrogen and oxygen atoms in total. The van der Waals surface area contributed by atoms with Gasteiger partial charge >= 0.3 is 0 Å². The van der Waals surface area contributed by atoms with Crippen LogP contribution in [0.3, 0.4) is 0 Å². The van der Waals surface area contributed by atoms with E-state index in [1.807, 2.05) is 55.5 Å². The monoisotopic (exact) mass is 337 g/mol. The van der Waals surface area contributed by atoms with Crippen molar-refractivity contribution in [2.24, 2.45) is 0 Å². The molecule has 0 fully saturated rings. The summed E-state index contributed by atoms with van der Waals surface area (Å²) in [7, 11) is 0. The Labute approximate surface area is 148 Å². The van der Waals surface area contributed by atoms with Crippen LogP contribution in [-0.2, 0) is 11.4 Å². The number of aryl methyl sites for hydroxylation is 1. The quantitative estimate of drug-likeness (QED) is 0.813. The number of carbonyl (C=O) groups is 1. The Balaban J connectivity index is 2.16. The average molecular weight is 337 g/mol. The van der Waals surface area contributed by atoms with Gasteiger partial charge in [0.05, 0.1) is 19.1 Å². The van der Waals surface area contributed by atoms with Crippen molar-refractivity contribution >= 4 is 17.3 Å². The topological polar surface area (TPSA) is 76.4 Å². The summed E-state index contributed by atoms with van der Waals surface area (Å²) >= 11 is 0. The zero-order chi connectivity index (χ0) is 18.2. The second-order valence-electron chi connectivity index (χ2n) is 5.96. The van der Waals surface area contributed by atoms with Crippen molar-refractivity contribution in [3.05, 3.63) is 59.7 Å². The van der Waals surface area contributed by atoms with Crippen molar-refractivity contribution in [2.75, 3.05) is 16.8 Å². The maximum atomic E-state index is 12.9. The first kappa shape index (κ1) is 18.5. The van der Waals surface area contributed by atoms with Crippen LogP contribution in [-0.4, -0.2) is 23.6 Å². The molecule has 5 heteroatoms. The number of nitrogens with one attached hydrogen (secondary N) is 1. The van der Waals surface area contributed by atoms with Gasteiger partial charge in [0, 0.05) is 17.9 Å².